The number of alkyl carbamates (subject to hydrolysis) is 1. The maximum Gasteiger partial charge on any atom is 0.408 e. The Hall–Kier alpha value is -3.40. The van der Waals surface area contributed by atoms with Gasteiger partial charge in [-0.15, -0.1) is 0 Å². The SMILES string of the molecule is COC(=O)[C@H]1[C@H]2CC[C@@](C(=O)OC)(C(=O)[C@H](Cc3c[nH]c4ccccc34)NC(=O)OC(C)(C)C)[C@@]21N. The minimum absolute atomic E-state index is 0.0739. The van der Waals surface area contributed by atoms with Gasteiger partial charge in [0.2, 0.25) is 0 Å². The number of methoxy groups -OCH3 is 2. The van der Waals surface area contributed by atoms with Crippen LogP contribution in [0.25, 0.3) is 10.9 Å². The molecule has 10 nitrogen and oxygen atoms in total. The van der Waals surface area contributed by atoms with Crippen molar-refractivity contribution in [3.05, 3.63) is 36.0 Å². The Morgan fingerprint density at radius 3 is 2.50 bits per heavy atom. The Labute approximate surface area is 209 Å². The molecule has 2 fully saturated rings. The van der Waals surface area contributed by atoms with Crippen molar-refractivity contribution in [1.82, 2.24) is 10.3 Å². The second kappa shape index (κ2) is 8.92. The number of amides is 1. The summed E-state index contributed by atoms with van der Waals surface area (Å²) in [6.07, 6.45) is 1.51. The molecule has 2 aliphatic rings. The van der Waals surface area contributed by atoms with Gasteiger partial charge in [0, 0.05) is 23.5 Å². The van der Waals surface area contributed by atoms with E-state index < -0.39 is 58.2 Å². The van der Waals surface area contributed by atoms with Gasteiger partial charge in [-0.2, -0.15) is 0 Å². The number of ether oxygens (including phenoxy) is 3. The summed E-state index contributed by atoms with van der Waals surface area (Å²) in [5.74, 6) is -3.21. The molecule has 4 rings (SSSR count). The number of Topliss-reactive ketones (excluding diaryl/α,β-unsaturated/α-hetero) is 1. The summed E-state index contributed by atoms with van der Waals surface area (Å²) >= 11 is 0. The molecule has 5 atom stereocenters. The van der Waals surface area contributed by atoms with Gasteiger partial charge in [0.15, 0.2) is 5.78 Å². The third-order valence-corrected chi connectivity index (χ3v) is 7.51. The largest absolute Gasteiger partial charge is 0.469 e. The molecule has 1 aromatic heterocycles. The number of nitrogens with one attached hydrogen (secondary N) is 2. The highest BCUT2D eigenvalue weighted by atomic mass is 16.6. The zero-order valence-corrected chi connectivity index (χ0v) is 21.2. The molecule has 0 bridgehead atoms. The van der Waals surface area contributed by atoms with Crippen LogP contribution in [0.2, 0.25) is 0 Å². The number of rotatable bonds is 7. The molecule has 2 aliphatic carbocycles. The summed E-state index contributed by atoms with van der Waals surface area (Å²) < 4.78 is 15.4. The molecular formula is C26H33N3O7. The molecule has 0 aliphatic heterocycles. The topological polar surface area (TPSA) is 150 Å². The number of aromatic nitrogens is 1. The van der Waals surface area contributed by atoms with Crippen LogP contribution >= 0.6 is 0 Å². The second-order valence-electron chi connectivity index (χ2n) is 10.6. The van der Waals surface area contributed by atoms with Crippen molar-refractivity contribution in [3.63, 3.8) is 0 Å². The van der Waals surface area contributed by atoms with Crippen molar-refractivity contribution in [1.29, 1.82) is 0 Å². The maximum absolute atomic E-state index is 14.3. The summed E-state index contributed by atoms with van der Waals surface area (Å²) in [6.45, 7) is 5.13. The Kier molecular flexibility index (Phi) is 6.36. The molecule has 0 spiro atoms. The predicted octanol–water partition coefficient (Wildman–Crippen LogP) is 2.24. The van der Waals surface area contributed by atoms with E-state index in [1.807, 2.05) is 24.3 Å². The van der Waals surface area contributed by atoms with Crippen LogP contribution in [0, 0.1) is 17.3 Å². The molecule has 0 saturated heterocycles. The monoisotopic (exact) mass is 499 g/mol. The van der Waals surface area contributed by atoms with Crippen molar-refractivity contribution in [2.24, 2.45) is 23.0 Å². The van der Waals surface area contributed by atoms with Gasteiger partial charge in [0.25, 0.3) is 0 Å². The number of carbonyl (C=O) groups is 4. The van der Waals surface area contributed by atoms with Crippen LogP contribution in [0.1, 0.15) is 39.2 Å². The molecule has 4 N–H and O–H groups in total. The Bertz CT molecular complexity index is 1220. The minimum Gasteiger partial charge on any atom is -0.469 e. The van der Waals surface area contributed by atoms with Crippen LogP contribution in [0.5, 0.6) is 0 Å². The molecule has 1 heterocycles. The van der Waals surface area contributed by atoms with Crippen LogP contribution in [0.15, 0.2) is 30.5 Å². The molecule has 1 aromatic carbocycles. The highest BCUT2D eigenvalue weighted by molar-refractivity contribution is 6.11. The van der Waals surface area contributed by atoms with E-state index in [0.717, 1.165) is 16.5 Å². The van der Waals surface area contributed by atoms with Crippen LogP contribution in [-0.2, 0) is 35.0 Å². The minimum atomic E-state index is -1.82. The molecule has 0 radical (unpaired) electrons. The summed E-state index contributed by atoms with van der Waals surface area (Å²) in [6, 6.07) is 6.38. The average molecular weight is 500 g/mol. The normalized spacial score (nSPS) is 27.6. The first-order chi connectivity index (χ1) is 16.9. The van der Waals surface area contributed by atoms with Crippen LogP contribution < -0.4 is 11.1 Å². The van der Waals surface area contributed by atoms with Crippen molar-refractivity contribution in [2.45, 2.75) is 57.2 Å². The molecule has 2 saturated carbocycles. The standard InChI is InChI=1S/C26H33N3O7/c1-24(2,3)36-23(33)29-18(12-14-13-28-17-9-7-6-8-15(14)17)20(30)25(22(32)35-5)11-10-16-19(21(31)34-4)26(16,25)27/h6-9,13,16,18-19,28H,10-12,27H2,1-5H3,(H,29,33)/t16-,18+,19-,25+,26-/m1/s1. The Morgan fingerprint density at radius 1 is 1.17 bits per heavy atom. The lowest BCUT2D eigenvalue weighted by Gasteiger charge is -2.36. The van der Waals surface area contributed by atoms with E-state index in [0.29, 0.717) is 6.42 Å². The van der Waals surface area contributed by atoms with Gasteiger partial charge in [0.1, 0.15) is 11.0 Å². The van der Waals surface area contributed by atoms with Gasteiger partial charge in [-0.25, -0.2) is 4.79 Å². The fraction of sp³-hybridized carbons (Fsp3) is 0.538. The first kappa shape index (κ1) is 25.7. The molecule has 194 valence electrons. The number of H-pyrrole nitrogens is 1. The number of esters is 2. The van der Waals surface area contributed by atoms with Crippen molar-refractivity contribution in [2.75, 3.05) is 14.2 Å². The molecule has 10 heteroatoms. The van der Waals surface area contributed by atoms with Gasteiger partial charge in [-0.3, -0.25) is 14.4 Å². The number of benzene rings is 1. The number of fused-ring (bicyclic) bond motifs is 2. The first-order valence-corrected chi connectivity index (χ1v) is 11.9. The third kappa shape index (κ3) is 3.93. The number of hydrogen-bond donors (Lipinski definition) is 3. The number of ketones is 1. The molecular weight excluding hydrogens is 466 g/mol. The zero-order chi connectivity index (χ0) is 26.5. The van der Waals surface area contributed by atoms with E-state index in [4.69, 9.17) is 19.9 Å². The number of nitrogens with two attached hydrogens (primary N) is 1. The van der Waals surface area contributed by atoms with Crippen LogP contribution in [0.4, 0.5) is 4.79 Å². The smallest absolute Gasteiger partial charge is 0.408 e. The van der Waals surface area contributed by atoms with E-state index in [9.17, 15) is 19.2 Å². The van der Waals surface area contributed by atoms with Gasteiger partial charge in [0.05, 0.1) is 31.7 Å². The number of aromatic amines is 1. The lowest BCUT2D eigenvalue weighted by molar-refractivity contribution is -0.162. The predicted molar refractivity (Wildman–Crippen MR) is 130 cm³/mol. The van der Waals surface area contributed by atoms with E-state index >= 15 is 0 Å². The highest BCUT2D eigenvalue weighted by Crippen LogP contribution is 2.69. The fourth-order valence-corrected chi connectivity index (χ4v) is 5.91. The van der Waals surface area contributed by atoms with Crippen LogP contribution in [-0.4, -0.2) is 60.2 Å². The average Bonchev–Trinajstić information content (AvgIpc) is 3.09. The van der Waals surface area contributed by atoms with Crippen molar-refractivity contribution >= 4 is 34.7 Å². The third-order valence-electron chi connectivity index (χ3n) is 7.51. The lowest BCUT2D eigenvalue weighted by Crippen LogP contribution is -2.61. The molecule has 36 heavy (non-hydrogen) atoms. The van der Waals surface area contributed by atoms with Crippen molar-refractivity contribution in [3.8, 4) is 0 Å². The summed E-state index contributed by atoms with van der Waals surface area (Å²) in [4.78, 5) is 56.0. The van der Waals surface area contributed by atoms with Crippen molar-refractivity contribution < 1.29 is 33.4 Å². The van der Waals surface area contributed by atoms with E-state index in [2.05, 4.69) is 10.3 Å². The maximum atomic E-state index is 14.3. The van der Waals surface area contributed by atoms with Crippen LogP contribution in [0.3, 0.4) is 0 Å². The van der Waals surface area contributed by atoms with E-state index in [1.165, 1.54) is 14.2 Å². The molecule has 2 aromatic rings. The summed E-state index contributed by atoms with van der Waals surface area (Å²) in [5, 5.41) is 3.54. The summed E-state index contributed by atoms with van der Waals surface area (Å²) in [5.41, 5.74) is 4.23. The number of hydrogen-bond acceptors (Lipinski definition) is 8. The lowest BCUT2D eigenvalue weighted by atomic mass is 9.70. The molecule has 0 unspecified atom stereocenters. The highest BCUT2D eigenvalue weighted by Gasteiger charge is 2.84. The van der Waals surface area contributed by atoms with Gasteiger partial charge in [-0.1, -0.05) is 18.2 Å². The second-order valence-corrected chi connectivity index (χ2v) is 10.6. The summed E-state index contributed by atoms with van der Waals surface area (Å²) in [7, 11) is 2.42. The Morgan fingerprint density at radius 2 is 1.86 bits per heavy atom. The number of carbonyl (C=O) groups excluding carboxylic acids is 4. The van der Waals surface area contributed by atoms with Gasteiger partial charge < -0.3 is 30.2 Å². The molecule has 1 amide bonds. The van der Waals surface area contributed by atoms with E-state index in [1.54, 1.807) is 27.0 Å². The quantitative estimate of drug-likeness (QED) is 0.298. The van der Waals surface area contributed by atoms with E-state index in [-0.39, 0.29) is 12.8 Å². The Balaban J connectivity index is 1.75. The number of para-hydroxylation sites is 1. The fourth-order valence-electron chi connectivity index (χ4n) is 5.91. The zero-order valence-electron chi connectivity index (χ0n) is 21.2. The van der Waals surface area contributed by atoms with Gasteiger partial charge >= 0.3 is 18.0 Å². The first-order valence-electron chi connectivity index (χ1n) is 11.9. The van der Waals surface area contributed by atoms with Gasteiger partial charge in [-0.05, 0) is 51.2 Å².